The molecule has 0 unspecified atom stereocenters. The average molecular weight is 442 g/mol. The second-order valence-electron chi connectivity index (χ2n) is 9.06. The zero-order chi connectivity index (χ0) is 21.2. The maximum atomic E-state index is 12.9. The van der Waals surface area contributed by atoms with Crippen molar-refractivity contribution in [2.45, 2.75) is 70.6 Å². The van der Waals surface area contributed by atoms with E-state index in [0.717, 1.165) is 74.4 Å². The largest absolute Gasteiger partial charge is 0.355 e. The van der Waals surface area contributed by atoms with Crippen molar-refractivity contribution in [2.24, 2.45) is 5.92 Å². The van der Waals surface area contributed by atoms with E-state index in [9.17, 15) is 9.59 Å². The first-order valence-corrected chi connectivity index (χ1v) is 12.6. The van der Waals surface area contributed by atoms with Crippen molar-refractivity contribution in [1.29, 1.82) is 0 Å². The van der Waals surface area contributed by atoms with E-state index in [4.69, 9.17) is 4.98 Å². The van der Waals surface area contributed by atoms with Crippen LogP contribution >= 0.6 is 11.3 Å². The summed E-state index contributed by atoms with van der Waals surface area (Å²) < 4.78 is 1.48. The van der Waals surface area contributed by atoms with Crippen LogP contribution in [0, 0.1) is 5.92 Å². The molecule has 2 aromatic heterocycles. The van der Waals surface area contributed by atoms with Gasteiger partial charge in [-0.3, -0.25) is 9.59 Å². The van der Waals surface area contributed by atoms with Gasteiger partial charge in [0.05, 0.1) is 11.6 Å². The summed E-state index contributed by atoms with van der Waals surface area (Å²) in [4.78, 5) is 33.2. The molecule has 1 amide bonds. The second-order valence-corrected chi connectivity index (χ2v) is 10.00. The van der Waals surface area contributed by atoms with Crippen LogP contribution in [-0.4, -0.2) is 40.1 Å². The molecular formula is C23H31N5O2S. The minimum atomic E-state index is -0.0287. The third-order valence-electron chi connectivity index (χ3n) is 6.86. The fourth-order valence-corrected chi connectivity index (χ4v) is 6.02. The molecule has 0 spiro atoms. The molecule has 3 heterocycles. The quantitative estimate of drug-likeness (QED) is 0.721. The van der Waals surface area contributed by atoms with E-state index in [0.29, 0.717) is 11.5 Å². The fraction of sp³-hybridized carbons (Fsp3) is 0.652. The van der Waals surface area contributed by atoms with E-state index in [1.54, 1.807) is 0 Å². The lowest BCUT2D eigenvalue weighted by molar-refractivity contribution is -0.125. The molecule has 2 aliphatic carbocycles. The predicted octanol–water partition coefficient (Wildman–Crippen LogP) is 3.25. The lowest BCUT2D eigenvalue weighted by Crippen LogP contribution is -2.43. The van der Waals surface area contributed by atoms with Crippen molar-refractivity contribution in [2.75, 3.05) is 24.5 Å². The summed E-state index contributed by atoms with van der Waals surface area (Å²) in [6.07, 6.45) is 14.0. The smallest absolute Gasteiger partial charge is 0.278 e. The lowest BCUT2D eigenvalue weighted by Gasteiger charge is -2.31. The van der Waals surface area contributed by atoms with Gasteiger partial charge in [0.1, 0.15) is 0 Å². The number of nitrogens with zero attached hydrogens (tertiary/aromatic N) is 4. The van der Waals surface area contributed by atoms with Crippen molar-refractivity contribution in [3.8, 4) is 0 Å². The summed E-state index contributed by atoms with van der Waals surface area (Å²) in [5.74, 6) is 0.118. The Morgan fingerprint density at radius 1 is 1.16 bits per heavy atom. The molecule has 7 nitrogen and oxygen atoms in total. The maximum Gasteiger partial charge on any atom is 0.278 e. The molecule has 8 heteroatoms. The summed E-state index contributed by atoms with van der Waals surface area (Å²) in [6, 6.07) is 0. The van der Waals surface area contributed by atoms with Crippen LogP contribution in [-0.2, 0) is 17.6 Å². The number of aryl methyl sites for hydroxylation is 1. The standard InChI is InChI=1S/C23H31N5O2S/c29-20(24-13-12-16-7-2-1-3-8-16)17-9-6-14-27(15-17)23-26-28-21(30)18-10-4-5-11-19(18)25-22(28)31-23/h7,17H,1-6,8-15H2,(H,24,29)/t17-/m0/s1. The number of aromatic nitrogens is 3. The molecule has 0 bridgehead atoms. The molecule has 1 fully saturated rings. The highest BCUT2D eigenvalue weighted by molar-refractivity contribution is 7.20. The van der Waals surface area contributed by atoms with Gasteiger partial charge >= 0.3 is 0 Å². The molecule has 2 aromatic rings. The summed E-state index contributed by atoms with van der Waals surface area (Å²) in [5, 5.41) is 8.56. The average Bonchev–Trinajstić information content (AvgIpc) is 3.24. The molecule has 1 aliphatic heterocycles. The SMILES string of the molecule is O=C(NCCC1=CCCCC1)[C@H]1CCCN(c2nn3c(=O)c4c(nc3s2)CCCC4)C1. The van der Waals surface area contributed by atoms with Gasteiger partial charge in [-0.25, -0.2) is 4.98 Å². The van der Waals surface area contributed by atoms with Crippen LogP contribution in [0.15, 0.2) is 16.4 Å². The molecule has 5 rings (SSSR count). The fourth-order valence-electron chi connectivity index (χ4n) is 5.08. The molecule has 1 saturated heterocycles. The molecule has 1 atom stereocenters. The summed E-state index contributed by atoms with van der Waals surface area (Å²) in [6.45, 7) is 2.25. The van der Waals surface area contributed by atoms with Crippen LogP contribution in [0.3, 0.4) is 0 Å². The molecule has 0 saturated carbocycles. The third-order valence-corrected chi connectivity index (χ3v) is 7.83. The zero-order valence-electron chi connectivity index (χ0n) is 18.1. The minimum Gasteiger partial charge on any atom is -0.355 e. The lowest BCUT2D eigenvalue weighted by atomic mass is 9.96. The summed E-state index contributed by atoms with van der Waals surface area (Å²) in [5.41, 5.74) is 3.28. The van der Waals surface area contributed by atoms with E-state index < -0.39 is 0 Å². The van der Waals surface area contributed by atoms with Gasteiger partial charge in [0.25, 0.3) is 5.56 Å². The Balaban J connectivity index is 1.25. The van der Waals surface area contributed by atoms with Crippen LogP contribution in [0.1, 0.15) is 69.0 Å². The predicted molar refractivity (Wildman–Crippen MR) is 123 cm³/mol. The van der Waals surface area contributed by atoms with Crippen molar-refractivity contribution < 1.29 is 4.79 Å². The van der Waals surface area contributed by atoms with E-state index in [1.165, 1.54) is 47.1 Å². The van der Waals surface area contributed by atoms with Crippen molar-refractivity contribution in [1.82, 2.24) is 19.9 Å². The number of fused-ring (bicyclic) bond motifs is 2. The summed E-state index contributed by atoms with van der Waals surface area (Å²) in [7, 11) is 0. The minimum absolute atomic E-state index is 0.00878. The maximum absolute atomic E-state index is 12.9. The Kier molecular flexibility index (Phi) is 6.07. The first kappa shape index (κ1) is 20.7. The van der Waals surface area contributed by atoms with E-state index in [2.05, 4.69) is 21.4 Å². The normalized spacial score (nSPS) is 21.6. The third kappa shape index (κ3) is 4.40. The molecule has 166 valence electrons. The molecule has 3 aliphatic rings. The monoisotopic (exact) mass is 441 g/mol. The number of rotatable bonds is 5. The molecular weight excluding hydrogens is 410 g/mol. The molecule has 0 aromatic carbocycles. The summed E-state index contributed by atoms with van der Waals surface area (Å²) >= 11 is 1.47. The van der Waals surface area contributed by atoms with Crippen LogP contribution in [0.2, 0.25) is 0 Å². The van der Waals surface area contributed by atoms with Crippen LogP contribution in [0.25, 0.3) is 4.96 Å². The van der Waals surface area contributed by atoms with Gasteiger partial charge in [0.2, 0.25) is 16.0 Å². The van der Waals surface area contributed by atoms with Gasteiger partial charge in [-0.2, -0.15) is 4.52 Å². The van der Waals surface area contributed by atoms with Crippen LogP contribution in [0.5, 0.6) is 0 Å². The van der Waals surface area contributed by atoms with Crippen molar-refractivity contribution in [3.05, 3.63) is 33.3 Å². The number of amides is 1. The second kappa shape index (κ2) is 9.10. The van der Waals surface area contributed by atoms with E-state index in [-0.39, 0.29) is 17.4 Å². The highest BCUT2D eigenvalue weighted by atomic mass is 32.1. The van der Waals surface area contributed by atoms with Gasteiger partial charge in [0, 0.05) is 25.2 Å². The van der Waals surface area contributed by atoms with Gasteiger partial charge in [-0.1, -0.05) is 23.0 Å². The first-order chi connectivity index (χ1) is 15.2. The van der Waals surface area contributed by atoms with Crippen molar-refractivity contribution in [3.63, 3.8) is 0 Å². The Labute approximate surface area is 186 Å². The Morgan fingerprint density at radius 2 is 2.03 bits per heavy atom. The first-order valence-electron chi connectivity index (χ1n) is 11.8. The molecule has 1 N–H and O–H groups in total. The van der Waals surface area contributed by atoms with Gasteiger partial charge < -0.3 is 10.2 Å². The van der Waals surface area contributed by atoms with Gasteiger partial charge in [-0.05, 0) is 70.6 Å². The van der Waals surface area contributed by atoms with Gasteiger partial charge in [-0.15, -0.1) is 5.10 Å². The number of allylic oxidation sites excluding steroid dienone is 1. The number of hydrogen-bond donors (Lipinski definition) is 1. The van der Waals surface area contributed by atoms with E-state index >= 15 is 0 Å². The number of carbonyl (C=O) groups is 1. The Morgan fingerprint density at radius 3 is 2.90 bits per heavy atom. The van der Waals surface area contributed by atoms with Crippen LogP contribution in [0.4, 0.5) is 5.13 Å². The molecule has 31 heavy (non-hydrogen) atoms. The number of piperidine rings is 1. The molecule has 0 radical (unpaired) electrons. The number of hydrogen-bond acceptors (Lipinski definition) is 6. The highest BCUT2D eigenvalue weighted by Crippen LogP contribution is 2.28. The van der Waals surface area contributed by atoms with Crippen LogP contribution < -0.4 is 15.8 Å². The Hall–Kier alpha value is -2.22. The number of anilines is 1. The van der Waals surface area contributed by atoms with E-state index in [1.807, 2.05) is 0 Å². The number of nitrogens with one attached hydrogen (secondary N) is 1. The number of carbonyl (C=O) groups excluding carboxylic acids is 1. The topological polar surface area (TPSA) is 79.6 Å². The van der Waals surface area contributed by atoms with Crippen molar-refractivity contribution >= 4 is 27.3 Å². The van der Waals surface area contributed by atoms with Gasteiger partial charge in [0.15, 0.2) is 0 Å². The highest BCUT2D eigenvalue weighted by Gasteiger charge is 2.28. The zero-order valence-corrected chi connectivity index (χ0v) is 18.9. The Bertz CT molecular complexity index is 1060.